The van der Waals surface area contributed by atoms with E-state index in [9.17, 15) is 0 Å². The molecule has 0 fully saturated rings. The van der Waals surface area contributed by atoms with Crippen molar-refractivity contribution in [2.45, 2.75) is 39.2 Å². The Bertz CT molecular complexity index is 560. The van der Waals surface area contributed by atoms with E-state index < -0.39 is 0 Å². The fourth-order valence-corrected chi connectivity index (χ4v) is 2.05. The van der Waals surface area contributed by atoms with Gasteiger partial charge in [-0.25, -0.2) is 0 Å². The lowest BCUT2D eigenvalue weighted by Gasteiger charge is -2.19. The Hall–Kier alpha value is -1.39. The number of nitrogens with zero attached hydrogens (tertiary/aromatic N) is 2. The molecule has 0 aliphatic heterocycles. The zero-order chi connectivity index (χ0) is 14.6. The van der Waals surface area contributed by atoms with Crippen molar-refractivity contribution in [3.05, 3.63) is 46.6 Å². The van der Waals surface area contributed by atoms with Crippen molar-refractivity contribution in [3.63, 3.8) is 0 Å². The van der Waals surface area contributed by atoms with Crippen molar-refractivity contribution in [3.8, 4) is 0 Å². The Morgan fingerprint density at radius 2 is 2.10 bits per heavy atom. The summed E-state index contributed by atoms with van der Waals surface area (Å²) in [4.78, 5) is 4.39. The van der Waals surface area contributed by atoms with Gasteiger partial charge in [0.2, 0.25) is 5.89 Å². The van der Waals surface area contributed by atoms with Gasteiger partial charge in [0, 0.05) is 29.9 Å². The molecule has 0 saturated heterocycles. The van der Waals surface area contributed by atoms with Gasteiger partial charge in [0.25, 0.3) is 0 Å². The fourth-order valence-electron chi connectivity index (χ4n) is 1.84. The number of rotatable bonds is 5. The van der Waals surface area contributed by atoms with E-state index in [4.69, 9.17) is 16.1 Å². The maximum atomic E-state index is 5.95. The number of hydrogen-bond acceptors (Lipinski definition) is 4. The van der Waals surface area contributed by atoms with E-state index in [1.165, 1.54) is 0 Å². The van der Waals surface area contributed by atoms with Crippen molar-refractivity contribution >= 4 is 11.6 Å². The van der Waals surface area contributed by atoms with Gasteiger partial charge in [-0.15, -0.1) is 0 Å². The van der Waals surface area contributed by atoms with Crippen LogP contribution in [0.4, 0.5) is 0 Å². The second kappa shape index (κ2) is 6.37. The maximum absolute atomic E-state index is 5.95. The molecule has 0 aliphatic carbocycles. The monoisotopic (exact) mass is 293 g/mol. The number of halogens is 1. The summed E-state index contributed by atoms with van der Waals surface area (Å²) in [5.74, 6) is 1.36. The van der Waals surface area contributed by atoms with Crippen LogP contribution in [0.15, 0.2) is 28.8 Å². The van der Waals surface area contributed by atoms with Crippen LogP contribution in [0.2, 0.25) is 5.02 Å². The Morgan fingerprint density at radius 1 is 1.30 bits per heavy atom. The number of nitrogens with one attached hydrogen (secondary N) is 1. The standard InChI is InChI=1S/C15H20ClN3O/c1-15(2,3)17-8-7-14-18-13(19-20-14)10-11-5-4-6-12(16)9-11/h4-6,9,17H,7-8,10H2,1-3H3. The summed E-state index contributed by atoms with van der Waals surface area (Å²) in [7, 11) is 0. The molecular formula is C15H20ClN3O. The molecule has 0 radical (unpaired) electrons. The number of aromatic nitrogens is 2. The zero-order valence-electron chi connectivity index (χ0n) is 12.1. The molecule has 1 N–H and O–H groups in total. The summed E-state index contributed by atoms with van der Waals surface area (Å²) in [5, 5.41) is 8.11. The zero-order valence-corrected chi connectivity index (χ0v) is 12.9. The highest BCUT2D eigenvalue weighted by Crippen LogP contribution is 2.13. The van der Waals surface area contributed by atoms with Crippen LogP contribution in [-0.4, -0.2) is 22.2 Å². The molecule has 1 aromatic carbocycles. The van der Waals surface area contributed by atoms with Crippen LogP contribution in [0.5, 0.6) is 0 Å². The molecule has 2 aromatic rings. The van der Waals surface area contributed by atoms with Crippen LogP contribution in [0.1, 0.15) is 38.0 Å². The first-order chi connectivity index (χ1) is 9.42. The van der Waals surface area contributed by atoms with Gasteiger partial charge in [-0.1, -0.05) is 28.9 Å². The van der Waals surface area contributed by atoms with Crippen molar-refractivity contribution in [1.82, 2.24) is 15.5 Å². The Balaban J connectivity index is 1.89. The summed E-state index contributed by atoms with van der Waals surface area (Å²) in [6, 6.07) is 7.69. The van der Waals surface area contributed by atoms with Gasteiger partial charge in [-0.2, -0.15) is 4.98 Å². The summed E-state index contributed by atoms with van der Waals surface area (Å²) < 4.78 is 5.25. The third-order valence-electron chi connectivity index (χ3n) is 2.76. The first-order valence-electron chi connectivity index (χ1n) is 6.73. The lowest BCUT2D eigenvalue weighted by Crippen LogP contribution is -2.37. The second-order valence-electron chi connectivity index (χ2n) is 5.84. The minimum atomic E-state index is 0.101. The van der Waals surface area contributed by atoms with Gasteiger partial charge >= 0.3 is 0 Å². The first kappa shape index (κ1) is 15.0. The van der Waals surface area contributed by atoms with Crippen molar-refractivity contribution in [2.75, 3.05) is 6.54 Å². The Labute approximate surface area is 124 Å². The molecule has 0 saturated carbocycles. The number of benzene rings is 1. The van der Waals surface area contributed by atoms with Crippen LogP contribution >= 0.6 is 11.6 Å². The SMILES string of the molecule is CC(C)(C)NCCc1nc(Cc2cccc(Cl)c2)no1. The van der Waals surface area contributed by atoms with E-state index in [1.54, 1.807) is 0 Å². The molecule has 0 spiro atoms. The summed E-state index contributed by atoms with van der Waals surface area (Å²) in [5.41, 5.74) is 1.18. The molecule has 20 heavy (non-hydrogen) atoms. The molecule has 2 rings (SSSR count). The van der Waals surface area contributed by atoms with E-state index in [0.717, 1.165) is 23.6 Å². The van der Waals surface area contributed by atoms with Crippen LogP contribution in [0.25, 0.3) is 0 Å². The van der Waals surface area contributed by atoms with Gasteiger partial charge in [-0.05, 0) is 38.5 Å². The molecular weight excluding hydrogens is 274 g/mol. The highest BCUT2D eigenvalue weighted by Gasteiger charge is 2.11. The predicted octanol–water partition coefficient (Wildman–Crippen LogP) is 3.24. The highest BCUT2D eigenvalue weighted by atomic mass is 35.5. The van der Waals surface area contributed by atoms with Crippen LogP contribution < -0.4 is 5.32 Å². The van der Waals surface area contributed by atoms with E-state index in [1.807, 2.05) is 24.3 Å². The molecule has 0 bridgehead atoms. The molecule has 0 unspecified atom stereocenters. The minimum absolute atomic E-state index is 0.101. The topological polar surface area (TPSA) is 51.0 Å². The van der Waals surface area contributed by atoms with Crippen LogP contribution in [-0.2, 0) is 12.8 Å². The largest absolute Gasteiger partial charge is 0.339 e. The van der Waals surface area contributed by atoms with Gasteiger partial charge in [0.1, 0.15) is 0 Å². The second-order valence-corrected chi connectivity index (χ2v) is 6.27. The summed E-state index contributed by atoms with van der Waals surface area (Å²) >= 11 is 5.95. The summed E-state index contributed by atoms with van der Waals surface area (Å²) in [6.07, 6.45) is 1.37. The third-order valence-corrected chi connectivity index (χ3v) is 2.99. The van der Waals surface area contributed by atoms with E-state index in [2.05, 4.69) is 36.2 Å². The average molecular weight is 294 g/mol. The van der Waals surface area contributed by atoms with Gasteiger partial charge in [0.15, 0.2) is 5.82 Å². The number of hydrogen-bond donors (Lipinski definition) is 1. The summed E-state index contributed by atoms with van der Waals surface area (Å²) in [6.45, 7) is 7.21. The minimum Gasteiger partial charge on any atom is -0.339 e. The van der Waals surface area contributed by atoms with Crippen molar-refractivity contribution < 1.29 is 4.52 Å². The Kier molecular flexibility index (Phi) is 4.78. The van der Waals surface area contributed by atoms with Crippen LogP contribution in [0, 0.1) is 0 Å². The molecule has 4 nitrogen and oxygen atoms in total. The first-order valence-corrected chi connectivity index (χ1v) is 7.11. The molecule has 108 valence electrons. The van der Waals surface area contributed by atoms with Crippen molar-refractivity contribution in [1.29, 1.82) is 0 Å². The Morgan fingerprint density at radius 3 is 2.80 bits per heavy atom. The normalized spacial score (nSPS) is 11.8. The lowest BCUT2D eigenvalue weighted by molar-refractivity contribution is 0.359. The fraction of sp³-hybridized carbons (Fsp3) is 0.467. The van der Waals surface area contributed by atoms with E-state index in [-0.39, 0.29) is 5.54 Å². The van der Waals surface area contributed by atoms with Gasteiger partial charge < -0.3 is 9.84 Å². The quantitative estimate of drug-likeness (QED) is 0.919. The molecule has 0 atom stereocenters. The molecule has 0 amide bonds. The van der Waals surface area contributed by atoms with Crippen molar-refractivity contribution in [2.24, 2.45) is 0 Å². The van der Waals surface area contributed by atoms with E-state index >= 15 is 0 Å². The highest BCUT2D eigenvalue weighted by molar-refractivity contribution is 6.30. The van der Waals surface area contributed by atoms with E-state index in [0.29, 0.717) is 18.1 Å². The lowest BCUT2D eigenvalue weighted by atomic mass is 10.1. The predicted molar refractivity (Wildman–Crippen MR) is 80.0 cm³/mol. The molecule has 0 aliphatic rings. The van der Waals surface area contributed by atoms with Gasteiger partial charge in [0.05, 0.1) is 0 Å². The third kappa shape index (κ3) is 4.94. The maximum Gasteiger partial charge on any atom is 0.227 e. The molecule has 1 heterocycles. The van der Waals surface area contributed by atoms with Crippen LogP contribution in [0.3, 0.4) is 0 Å². The smallest absolute Gasteiger partial charge is 0.227 e. The van der Waals surface area contributed by atoms with Gasteiger partial charge in [-0.3, -0.25) is 0 Å². The average Bonchev–Trinajstić information content (AvgIpc) is 2.75. The molecule has 5 heteroatoms. The molecule has 1 aromatic heterocycles.